The Morgan fingerprint density at radius 1 is 1.10 bits per heavy atom. The minimum absolute atomic E-state index is 0.0637. The minimum atomic E-state index is -0.558. The smallest absolute Gasteiger partial charge is 0.343 e. The number of methoxy groups -OCH3 is 1. The van der Waals surface area contributed by atoms with E-state index in [0.29, 0.717) is 11.3 Å². The third-order valence-corrected chi connectivity index (χ3v) is 2.56. The zero-order chi connectivity index (χ0) is 14.5. The summed E-state index contributed by atoms with van der Waals surface area (Å²) in [5.74, 6) is 0.226. The highest BCUT2D eigenvalue weighted by atomic mass is 16.6. The molecule has 0 unspecified atom stereocenters. The number of esters is 1. The third kappa shape index (κ3) is 3.11. The molecular formula is C14H11NO5. The van der Waals surface area contributed by atoms with Crippen molar-refractivity contribution in [1.82, 2.24) is 0 Å². The molecule has 2 aromatic carbocycles. The predicted octanol–water partition coefficient (Wildman–Crippen LogP) is 2.82. The number of hydrogen-bond donors (Lipinski definition) is 0. The Kier molecular flexibility index (Phi) is 3.95. The van der Waals surface area contributed by atoms with Gasteiger partial charge in [-0.1, -0.05) is 6.07 Å². The molecule has 0 radical (unpaired) electrons. The number of nitrogens with zero attached hydrogens (tertiary/aromatic N) is 1. The largest absolute Gasteiger partial charge is 0.497 e. The third-order valence-electron chi connectivity index (χ3n) is 2.56. The van der Waals surface area contributed by atoms with Gasteiger partial charge in [-0.15, -0.1) is 0 Å². The van der Waals surface area contributed by atoms with E-state index in [1.165, 1.54) is 31.4 Å². The van der Waals surface area contributed by atoms with Crippen LogP contribution < -0.4 is 9.47 Å². The van der Waals surface area contributed by atoms with Crippen LogP contribution in [-0.4, -0.2) is 18.0 Å². The van der Waals surface area contributed by atoms with E-state index >= 15 is 0 Å². The molecular weight excluding hydrogens is 262 g/mol. The number of rotatable bonds is 4. The average molecular weight is 273 g/mol. The quantitative estimate of drug-likeness (QED) is 0.370. The monoisotopic (exact) mass is 273 g/mol. The van der Waals surface area contributed by atoms with E-state index in [-0.39, 0.29) is 11.4 Å². The molecule has 0 aliphatic carbocycles. The Morgan fingerprint density at radius 3 is 2.40 bits per heavy atom. The number of ether oxygens (including phenoxy) is 2. The van der Waals surface area contributed by atoms with Crippen LogP contribution in [0, 0.1) is 10.1 Å². The first-order valence-electron chi connectivity index (χ1n) is 5.71. The van der Waals surface area contributed by atoms with Gasteiger partial charge in [-0.05, 0) is 30.3 Å². The molecule has 0 amide bonds. The van der Waals surface area contributed by atoms with Crippen LogP contribution in [0.15, 0.2) is 48.5 Å². The van der Waals surface area contributed by atoms with Crippen molar-refractivity contribution in [3.8, 4) is 11.5 Å². The summed E-state index contributed by atoms with van der Waals surface area (Å²) in [7, 11) is 1.50. The predicted molar refractivity (Wildman–Crippen MR) is 71.0 cm³/mol. The second-order valence-corrected chi connectivity index (χ2v) is 3.87. The molecule has 102 valence electrons. The second kappa shape index (κ2) is 5.83. The van der Waals surface area contributed by atoms with E-state index in [1.807, 2.05) is 0 Å². The van der Waals surface area contributed by atoms with Crippen molar-refractivity contribution < 1.29 is 19.2 Å². The fourth-order valence-corrected chi connectivity index (χ4v) is 1.55. The molecule has 6 nitrogen and oxygen atoms in total. The first kappa shape index (κ1) is 13.5. The molecule has 0 bridgehead atoms. The number of nitro benzene ring substituents is 1. The van der Waals surface area contributed by atoms with Gasteiger partial charge in [0.15, 0.2) is 0 Å². The number of benzene rings is 2. The van der Waals surface area contributed by atoms with Crippen molar-refractivity contribution >= 4 is 11.7 Å². The minimum Gasteiger partial charge on any atom is -0.497 e. The van der Waals surface area contributed by atoms with Crippen molar-refractivity contribution in [3.05, 3.63) is 64.2 Å². The first-order valence-corrected chi connectivity index (χ1v) is 5.71. The highest BCUT2D eigenvalue weighted by molar-refractivity contribution is 5.91. The standard InChI is InChI=1S/C14H11NO5/c1-19-13-4-2-3-10(9-13)14(16)20-12-7-5-11(6-8-12)15(17)18/h2-9H,1H3. The topological polar surface area (TPSA) is 78.7 Å². The lowest BCUT2D eigenvalue weighted by Crippen LogP contribution is -2.08. The molecule has 0 saturated carbocycles. The Hall–Kier alpha value is -2.89. The molecule has 0 aromatic heterocycles. The fourth-order valence-electron chi connectivity index (χ4n) is 1.55. The fraction of sp³-hybridized carbons (Fsp3) is 0.0714. The average Bonchev–Trinajstić information content (AvgIpc) is 2.47. The highest BCUT2D eigenvalue weighted by Crippen LogP contribution is 2.19. The van der Waals surface area contributed by atoms with Gasteiger partial charge in [-0.2, -0.15) is 0 Å². The van der Waals surface area contributed by atoms with Crippen LogP contribution in [0.4, 0.5) is 5.69 Å². The van der Waals surface area contributed by atoms with E-state index in [0.717, 1.165) is 0 Å². The van der Waals surface area contributed by atoms with Crippen LogP contribution in [0.1, 0.15) is 10.4 Å². The summed E-state index contributed by atoms with van der Waals surface area (Å²) in [6.45, 7) is 0. The number of hydrogen-bond acceptors (Lipinski definition) is 5. The van der Waals surface area contributed by atoms with Gasteiger partial charge < -0.3 is 9.47 Å². The van der Waals surface area contributed by atoms with Gasteiger partial charge in [0.2, 0.25) is 0 Å². The number of carbonyl (C=O) groups excluding carboxylic acids is 1. The molecule has 0 saturated heterocycles. The number of non-ortho nitro benzene ring substituents is 1. The summed E-state index contributed by atoms with van der Waals surface area (Å²) in [5, 5.41) is 10.5. The van der Waals surface area contributed by atoms with Crippen LogP contribution in [0.5, 0.6) is 11.5 Å². The van der Waals surface area contributed by atoms with Crippen LogP contribution in [0.2, 0.25) is 0 Å². The summed E-state index contributed by atoms with van der Waals surface area (Å²) in [4.78, 5) is 21.9. The lowest BCUT2D eigenvalue weighted by atomic mass is 10.2. The van der Waals surface area contributed by atoms with Gasteiger partial charge in [0.1, 0.15) is 11.5 Å². The lowest BCUT2D eigenvalue weighted by molar-refractivity contribution is -0.384. The molecule has 20 heavy (non-hydrogen) atoms. The summed E-state index contributed by atoms with van der Waals surface area (Å²) in [6, 6.07) is 11.8. The molecule has 2 aromatic rings. The van der Waals surface area contributed by atoms with E-state index in [4.69, 9.17) is 9.47 Å². The van der Waals surface area contributed by atoms with E-state index in [2.05, 4.69) is 0 Å². The maximum Gasteiger partial charge on any atom is 0.343 e. The molecule has 0 heterocycles. The SMILES string of the molecule is COc1cccc(C(=O)Oc2ccc([N+](=O)[O-])cc2)c1. The second-order valence-electron chi connectivity index (χ2n) is 3.87. The molecule has 2 rings (SSSR count). The lowest BCUT2D eigenvalue weighted by Gasteiger charge is -2.05. The van der Waals surface area contributed by atoms with Crippen molar-refractivity contribution in [1.29, 1.82) is 0 Å². The van der Waals surface area contributed by atoms with E-state index < -0.39 is 10.9 Å². The van der Waals surface area contributed by atoms with Crippen molar-refractivity contribution in [2.75, 3.05) is 7.11 Å². The van der Waals surface area contributed by atoms with Crippen LogP contribution >= 0.6 is 0 Å². The molecule has 6 heteroatoms. The van der Waals surface area contributed by atoms with Gasteiger partial charge in [0.05, 0.1) is 17.6 Å². The first-order chi connectivity index (χ1) is 9.60. The Labute approximate surface area is 114 Å². The summed E-state index contributed by atoms with van der Waals surface area (Å²) in [5.41, 5.74) is 0.272. The molecule has 0 spiro atoms. The van der Waals surface area contributed by atoms with Gasteiger partial charge in [-0.3, -0.25) is 10.1 Å². The normalized spacial score (nSPS) is 9.85. The molecule has 0 aliphatic heterocycles. The summed E-state index contributed by atoms with van der Waals surface area (Å²) in [6.07, 6.45) is 0. The Morgan fingerprint density at radius 2 is 1.80 bits per heavy atom. The molecule has 0 fully saturated rings. The van der Waals surface area contributed by atoms with Gasteiger partial charge >= 0.3 is 5.97 Å². The van der Waals surface area contributed by atoms with E-state index in [9.17, 15) is 14.9 Å². The van der Waals surface area contributed by atoms with E-state index in [1.54, 1.807) is 24.3 Å². The molecule has 0 aliphatic rings. The maximum atomic E-state index is 11.9. The summed E-state index contributed by atoms with van der Waals surface area (Å²) < 4.78 is 10.1. The Balaban J connectivity index is 2.12. The van der Waals surface area contributed by atoms with Gasteiger partial charge in [0, 0.05) is 12.1 Å². The zero-order valence-corrected chi connectivity index (χ0v) is 10.6. The van der Waals surface area contributed by atoms with Gasteiger partial charge in [-0.25, -0.2) is 4.79 Å². The van der Waals surface area contributed by atoms with Gasteiger partial charge in [0.25, 0.3) is 5.69 Å². The highest BCUT2D eigenvalue weighted by Gasteiger charge is 2.11. The van der Waals surface area contributed by atoms with Crippen LogP contribution in [-0.2, 0) is 0 Å². The number of nitro groups is 1. The summed E-state index contributed by atoms with van der Waals surface area (Å²) >= 11 is 0. The molecule has 0 atom stereocenters. The van der Waals surface area contributed by atoms with Crippen LogP contribution in [0.3, 0.4) is 0 Å². The van der Waals surface area contributed by atoms with Crippen LogP contribution in [0.25, 0.3) is 0 Å². The Bertz CT molecular complexity index is 636. The van der Waals surface area contributed by atoms with Crippen molar-refractivity contribution in [2.24, 2.45) is 0 Å². The number of carbonyl (C=O) groups is 1. The molecule has 0 N–H and O–H groups in total. The zero-order valence-electron chi connectivity index (χ0n) is 10.6. The van der Waals surface area contributed by atoms with Crippen molar-refractivity contribution in [3.63, 3.8) is 0 Å². The maximum absolute atomic E-state index is 11.9. The van der Waals surface area contributed by atoms with Crippen molar-refractivity contribution in [2.45, 2.75) is 0 Å².